The molecule has 0 aromatic carbocycles. The number of anilines is 1. The third kappa shape index (κ3) is 2.40. The maximum atomic E-state index is 5.70. The van der Waals surface area contributed by atoms with Crippen molar-refractivity contribution in [3.8, 4) is 0 Å². The van der Waals surface area contributed by atoms with Crippen LogP contribution in [0.25, 0.3) is 0 Å². The van der Waals surface area contributed by atoms with Crippen LogP contribution in [0.4, 0.5) is 5.82 Å². The monoisotopic (exact) mass is 175 g/mol. The highest BCUT2D eigenvalue weighted by Crippen LogP contribution is 2.08. The molecule has 1 aromatic rings. The van der Waals surface area contributed by atoms with Crippen LogP contribution in [0.2, 0.25) is 0 Å². The summed E-state index contributed by atoms with van der Waals surface area (Å²) in [6.45, 7) is 7.24. The fourth-order valence-electron chi connectivity index (χ4n) is 0.998. The van der Waals surface area contributed by atoms with Crippen molar-refractivity contribution in [3.63, 3.8) is 0 Å². The normalized spacial score (nSPS) is 9.54. The summed E-state index contributed by atoms with van der Waals surface area (Å²) in [7, 11) is 0. The third-order valence-corrected chi connectivity index (χ3v) is 1.64. The van der Waals surface area contributed by atoms with Gasteiger partial charge >= 0.3 is 0 Å². The molecular formula is C10H13N3. The Morgan fingerprint density at radius 1 is 1.31 bits per heavy atom. The van der Waals surface area contributed by atoms with Crippen LogP contribution in [-0.2, 0) is 12.8 Å². The number of aromatic nitrogens is 2. The van der Waals surface area contributed by atoms with Crippen LogP contribution in [0.5, 0.6) is 0 Å². The summed E-state index contributed by atoms with van der Waals surface area (Å²) in [6.07, 6.45) is 6.63. The highest BCUT2D eigenvalue weighted by Gasteiger charge is 2.00. The van der Waals surface area contributed by atoms with E-state index in [9.17, 15) is 0 Å². The molecule has 3 nitrogen and oxygen atoms in total. The van der Waals surface area contributed by atoms with E-state index < -0.39 is 0 Å². The van der Waals surface area contributed by atoms with Crippen LogP contribution < -0.4 is 5.73 Å². The van der Waals surface area contributed by atoms with E-state index in [2.05, 4.69) is 23.1 Å². The molecule has 2 N–H and O–H groups in total. The Morgan fingerprint density at radius 2 is 2.00 bits per heavy atom. The fraction of sp³-hybridized carbons (Fsp3) is 0.200. The minimum atomic E-state index is 0.534. The molecule has 3 heteroatoms. The van der Waals surface area contributed by atoms with Crippen molar-refractivity contribution >= 4 is 5.82 Å². The van der Waals surface area contributed by atoms with Crippen molar-refractivity contribution in [1.29, 1.82) is 0 Å². The van der Waals surface area contributed by atoms with Crippen molar-refractivity contribution in [1.82, 2.24) is 9.97 Å². The molecule has 0 bridgehead atoms. The quantitative estimate of drug-likeness (QED) is 0.706. The van der Waals surface area contributed by atoms with Gasteiger partial charge in [0.25, 0.3) is 0 Å². The molecule has 0 fully saturated rings. The van der Waals surface area contributed by atoms with Gasteiger partial charge in [-0.3, -0.25) is 0 Å². The van der Waals surface area contributed by atoms with Gasteiger partial charge < -0.3 is 5.73 Å². The second-order valence-electron chi connectivity index (χ2n) is 2.68. The van der Waals surface area contributed by atoms with E-state index in [-0.39, 0.29) is 0 Å². The number of hydrogen-bond acceptors (Lipinski definition) is 3. The van der Waals surface area contributed by atoms with Crippen molar-refractivity contribution in [2.75, 3.05) is 5.73 Å². The Hall–Kier alpha value is -1.64. The highest BCUT2D eigenvalue weighted by molar-refractivity contribution is 5.38. The first-order valence-corrected chi connectivity index (χ1v) is 4.10. The molecule has 13 heavy (non-hydrogen) atoms. The highest BCUT2D eigenvalue weighted by atomic mass is 14.9. The van der Waals surface area contributed by atoms with Crippen LogP contribution in [0.1, 0.15) is 11.4 Å². The average Bonchev–Trinajstić information content (AvgIpc) is 2.10. The lowest BCUT2D eigenvalue weighted by atomic mass is 10.2. The topological polar surface area (TPSA) is 51.8 Å². The minimum absolute atomic E-state index is 0.534. The lowest BCUT2D eigenvalue weighted by Gasteiger charge is -2.02. The van der Waals surface area contributed by atoms with Crippen LogP contribution in [0.15, 0.2) is 31.5 Å². The zero-order valence-electron chi connectivity index (χ0n) is 7.53. The molecule has 0 radical (unpaired) electrons. The Bertz CT molecular complexity index is 318. The first-order chi connectivity index (χ1) is 6.27. The molecule has 0 amide bonds. The van der Waals surface area contributed by atoms with E-state index in [0.29, 0.717) is 24.5 Å². The van der Waals surface area contributed by atoms with Crippen molar-refractivity contribution in [2.24, 2.45) is 0 Å². The Labute approximate surface area is 78.0 Å². The van der Waals surface area contributed by atoms with E-state index in [1.54, 1.807) is 18.3 Å². The Balaban J connectivity index is 2.90. The smallest absolute Gasteiger partial charge is 0.134 e. The van der Waals surface area contributed by atoms with Gasteiger partial charge in [-0.05, 0) is 6.42 Å². The summed E-state index contributed by atoms with van der Waals surface area (Å²) < 4.78 is 0. The summed E-state index contributed by atoms with van der Waals surface area (Å²) in [4.78, 5) is 8.27. The van der Waals surface area contributed by atoms with E-state index in [1.807, 2.05) is 0 Å². The molecule has 0 aliphatic carbocycles. The first kappa shape index (κ1) is 9.45. The van der Waals surface area contributed by atoms with Gasteiger partial charge in [-0.25, -0.2) is 9.97 Å². The standard InChI is InChI=1S/C10H13N3/c1-3-5-8-7-12-9(6-4-2)13-10(8)11/h3-4,7H,1-2,5-6H2,(H2,11,12,13). The number of nitrogen functional groups attached to an aromatic ring is 1. The summed E-state index contributed by atoms with van der Waals surface area (Å²) in [5.41, 5.74) is 6.62. The van der Waals surface area contributed by atoms with E-state index in [1.165, 1.54) is 0 Å². The number of allylic oxidation sites excluding steroid dienone is 2. The molecule has 1 rings (SSSR count). The zero-order chi connectivity index (χ0) is 9.68. The molecule has 0 unspecified atom stereocenters. The molecule has 0 saturated carbocycles. The average molecular weight is 175 g/mol. The number of hydrogen-bond donors (Lipinski definition) is 1. The third-order valence-electron chi connectivity index (χ3n) is 1.64. The minimum Gasteiger partial charge on any atom is -0.383 e. The number of nitrogens with two attached hydrogens (primary N) is 1. The molecule has 0 atom stereocenters. The van der Waals surface area contributed by atoms with E-state index in [4.69, 9.17) is 5.73 Å². The fourth-order valence-corrected chi connectivity index (χ4v) is 0.998. The lowest BCUT2D eigenvalue weighted by molar-refractivity contribution is 0.973. The van der Waals surface area contributed by atoms with E-state index in [0.717, 1.165) is 5.56 Å². The Kier molecular flexibility index (Phi) is 3.20. The largest absolute Gasteiger partial charge is 0.383 e. The summed E-state index contributed by atoms with van der Waals surface area (Å²) in [5.74, 6) is 1.24. The van der Waals surface area contributed by atoms with Gasteiger partial charge in [-0.1, -0.05) is 12.2 Å². The summed E-state index contributed by atoms with van der Waals surface area (Å²) in [5, 5.41) is 0. The molecule has 1 aromatic heterocycles. The molecule has 0 aliphatic heterocycles. The second kappa shape index (κ2) is 4.40. The number of nitrogens with zero attached hydrogens (tertiary/aromatic N) is 2. The van der Waals surface area contributed by atoms with Gasteiger partial charge in [0, 0.05) is 18.2 Å². The van der Waals surface area contributed by atoms with E-state index >= 15 is 0 Å². The summed E-state index contributed by atoms with van der Waals surface area (Å²) >= 11 is 0. The lowest BCUT2D eigenvalue weighted by Crippen LogP contribution is -2.02. The second-order valence-corrected chi connectivity index (χ2v) is 2.68. The van der Waals surface area contributed by atoms with Crippen LogP contribution in [0, 0.1) is 0 Å². The van der Waals surface area contributed by atoms with Crippen molar-refractivity contribution < 1.29 is 0 Å². The van der Waals surface area contributed by atoms with Crippen LogP contribution >= 0.6 is 0 Å². The summed E-state index contributed by atoms with van der Waals surface area (Å²) in [6, 6.07) is 0. The molecular weight excluding hydrogens is 162 g/mol. The predicted molar refractivity (Wildman–Crippen MR) is 54.2 cm³/mol. The predicted octanol–water partition coefficient (Wildman–Crippen LogP) is 1.52. The maximum absolute atomic E-state index is 5.70. The van der Waals surface area contributed by atoms with Crippen LogP contribution in [0.3, 0.4) is 0 Å². The van der Waals surface area contributed by atoms with Gasteiger partial charge in [-0.15, -0.1) is 13.2 Å². The first-order valence-electron chi connectivity index (χ1n) is 4.10. The SMILES string of the molecule is C=CCc1ncc(CC=C)c(N)n1. The number of rotatable bonds is 4. The molecule has 0 spiro atoms. The van der Waals surface area contributed by atoms with Crippen molar-refractivity contribution in [3.05, 3.63) is 42.9 Å². The zero-order valence-corrected chi connectivity index (χ0v) is 7.53. The molecule has 68 valence electrons. The van der Waals surface area contributed by atoms with Gasteiger partial charge in [0.1, 0.15) is 11.6 Å². The maximum Gasteiger partial charge on any atom is 0.134 e. The molecule has 0 aliphatic rings. The van der Waals surface area contributed by atoms with Crippen molar-refractivity contribution in [2.45, 2.75) is 12.8 Å². The van der Waals surface area contributed by atoms with Gasteiger partial charge in [0.15, 0.2) is 0 Å². The molecule has 1 heterocycles. The van der Waals surface area contributed by atoms with Gasteiger partial charge in [-0.2, -0.15) is 0 Å². The van der Waals surface area contributed by atoms with Crippen LogP contribution in [-0.4, -0.2) is 9.97 Å². The van der Waals surface area contributed by atoms with Gasteiger partial charge in [0.05, 0.1) is 0 Å². The van der Waals surface area contributed by atoms with Gasteiger partial charge in [0.2, 0.25) is 0 Å². The Morgan fingerprint density at radius 3 is 2.54 bits per heavy atom. The molecule has 0 saturated heterocycles.